The smallest absolute Gasteiger partial charge is 0.0891 e. The Hall–Kier alpha value is -1.52. The molecule has 1 aliphatic rings. The van der Waals surface area contributed by atoms with Crippen molar-refractivity contribution in [2.24, 2.45) is 0 Å². The van der Waals surface area contributed by atoms with Gasteiger partial charge in [0.25, 0.3) is 0 Å². The van der Waals surface area contributed by atoms with E-state index in [1.807, 2.05) is 24.3 Å². The molecular weight excluding hydrogens is 260 g/mol. The Morgan fingerprint density at radius 2 is 1.86 bits per heavy atom. The Kier molecular flexibility index (Phi) is 3.91. The van der Waals surface area contributed by atoms with Crippen LogP contribution in [0.3, 0.4) is 0 Å². The van der Waals surface area contributed by atoms with E-state index in [-0.39, 0.29) is 0 Å². The van der Waals surface area contributed by atoms with Crippen molar-refractivity contribution in [3.63, 3.8) is 0 Å². The summed E-state index contributed by atoms with van der Waals surface area (Å²) in [4.78, 5) is 12.2. The van der Waals surface area contributed by atoms with E-state index in [1.165, 1.54) is 0 Å². The van der Waals surface area contributed by atoms with Gasteiger partial charge in [-0.1, -0.05) is 12.1 Å². The largest absolute Gasteiger partial charge is 0.311 e. The molecule has 2 aromatic rings. The molecule has 21 heavy (non-hydrogen) atoms. The molecule has 0 saturated carbocycles. The molecule has 1 saturated heterocycles. The van der Waals surface area contributed by atoms with Crippen LogP contribution < -0.4 is 5.32 Å². The van der Waals surface area contributed by atoms with E-state index >= 15 is 0 Å². The number of nitrogens with one attached hydrogen (secondary N) is 1. The van der Waals surface area contributed by atoms with Crippen LogP contribution in [-0.2, 0) is 0 Å². The summed E-state index contributed by atoms with van der Waals surface area (Å²) in [7, 11) is 0. The molecule has 0 spiro atoms. The van der Waals surface area contributed by atoms with Gasteiger partial charge in [0.1, 0.15) is 0 Å². The standard InChI is InChI=1S/C17H24N4/c1-11-10-21(12(2)9-18-11)14(4)17-13(3)19-15-7-5-6-8-16(15)20-17/h5-8,11-12,14,18H,9-10H2,1-4H3/t11-,12+,14+/m0/s1. The predicted molar refractivity (Wildman–Crippen MR) is 86.3 cm³/mol. The van der Waals surface area contributed by atoms with Crippen molar-refractivity contribution in [1.29, 1.82) is 0 Å². The van der Waals surface area contributed by atoms with Gasteiger partial charge >= 0.3 is 0 Å². The average molecular weight is 284 g/mol. The van der Waals surface area contributed by atoms with Crippen molar-refractivity contribution < 1.29 is 0 Å². The fraction of sp³-hybridized carbons (Fsp3) is 0.529. The Morgan fingerprint density at radius 1 is 1.19 bits per heavy atom. The highest BCUT2D eigenvalue weighted by atomic mass is 15.3. The predicted octanol–water partition coefficient (Wildman–Crippen LogP) is 2.68. The zero-order valence-electron chi connectivity index (χ0n) is 13.3. The fourth-order valence-electron chi connectivity index (χ4n) is 3.24. The highest BCUT2D eigenvalue weighted by Gasteiger charge is 2.29. The Balaban J connectivity index is 1.96. The van der Waals surface area contributed by atoms with Crippen molar-refractivity contribution in [3.05, 3.63) is 35.7 Å². The third-order valence-corrected chi connectivity index (χ3v) is 4.49. The first-order chi connectivity index (χ1) is 10.1. The zero-order valence-corrected chi connectivity index (χ0v) is 13.3. The van der Waals surface area contributed by atoms with Crippen LogP contribution in [-0.4, -0.2) is 40.0 Å². The summed E-state index contributed by atoms with van der Waals surface area (Å²) in [5.41, 5.74) is 4.11. The number of fused-ring (bicyclic) bond motifs is 1. The minimum absolute atomic E-state index is 0.293. The Labute approximate surface area is 126 Å². The van der Waals surface area contributed by atoms with E-state index in [9.17, 15) is 0 Å². The second-order valence-corrected chi connectivity index (χ2v) is 6.21. The maximum atomic E-state index is 4.88. The molecule has 0 radical (unpaired) electrons. The van der Waals surface area contributed by atoms with E-state index in [0.29, 0.717) is 18.1 Å². The summed E-state index contributed by atoms with van der Waals surface area (Å²) in [5, 5.41) is 3.53. The number of aryl methyl sites for hydroxylation is 1. The normalized spacial score (nSPS) is 25.1. The number of aromatic nitrogens is 2. The molecule has 1 N–H and O–H groups in total. The van der Waals surface area contributed by atoms with E-state index in [0.717, 1.165) is 35.5 Å². The van der Waals surface area contributed by atoms with Crippen molar-refractivity contribution in [3.8, 4) is 0 Å². The van der Waals surface area contributed by atoms with Crippen molar-refractivity contribution >= 4 is 11.0 Å². The second kappa shape index (κ2) is 5.70. The van der Waals surface area contributed by atoms with E-state index in [2.05, 4.69) is 37.9 Å². The molecule has 0 bridgehead atoms. The number of hydrogen-bond donors (Lipinski definition) is 1. The topological polar surface area (TPSA) is 41.1 Å². The summed E-state index contributed by atoms with van der Waals surface area (Å²) < 4.78 is 0. The highest BCUT2D eigenvalue weighted by molar-refractivity contribution is 5.74. The first-order valence-corrected chi connectivity index (χ1v) is 7.78. The van der Waals surface area contributed by atoms with E-state index in [1.54, 1.807) is 0 Å². The van der Waals surface area contributed by atoms with Crippen molar-refractivity contribution in [2.75, 3.05) is 13.1 Å². The molecule has 0 unspecified atom stereocenters. The first kappa shape index (κ1) is 14.4. The lowest BCUT2D eigenvalue weighted by atomic mass is 10.0. The maximum Gasteiger partial charge on any atom is 0.0891 e. The number of piperazine rings is 1. The van der Waals surface area contributed by atoms with Crippen LogP contribution >= 0.6 is 0 Å². The van der Waals surface area contributed by atoms with Crippen LogP contribution in [0.4, 0.5) is 0 Å². The number of rotatable bonds is 2. The third-order valence-electron chi connectivity index (χ3n) is 4.49. The lowest BCUT2D eigenvalue weighted by Crippen LogP contribution is -2.55. The molecule has 1 aromatic carbocycles. The molecule has 4 heteroatoms. The van der Waals surface area contributed by atoms with Gasteiger partial charge in [-0.25, -0.2) is 9.97 Å². The van der Waals surface area contributed by atoms with E-state index in [4.69, 9.17) is 9.97 Å². The Bertz CT molecular complexity index is 640. The summed E-state index contributed by atoms with van der Waals surface area (Å²) in [6, 6.07) is 9.44. The van der Waals surface area contributed by atoms with Gasteiger partial charge < -0.3 is 5.32 Å². The molecule has 0 amide bonds. The van der Waals surface area contributed by atoms with E-state index < -0.39 is 0 Å². The number of nitrogens with zero attached hydrogens (tertiary/aromatic N) is 3. The van der Waals surface area contributed by atoms with Gasteiger partial charge in [0.2, 0.25) is 0 Å². The molecule has 3 rings (SSSR count). The SMILES string of the molecule is Cc1nc2ccccc2nc1[C@@H](C)N1C[C@H](C)NC[C@H]1C. The lowest BCUT2D eigenvalue weighted by Gasteiger charge is -2.41. The minimum atomic E-state index is 0.293. The third kappa shape index (κ3) is 2.78. The molecular formula is C17H24N4. The van der Waals surface area contributed by atoms with Crippen LogP contribution in [0.5, 0.6) is 0 Å². The van der Waals surface area contributed by atoms with Crippen molar-refractivity contribution in [2.45, 2.75) is 45.8 Å². The molecule has 0 aliphatic carbocycles. The zero-order chi connectivity index (χ0) is 15.0. The highest BCUT2D eigenvalue weighted by Crippen LogP contribution is 2.26. The summed E-state index contributed by atoms with van der Waals surface area (Å²) in [5.74, 6) is 0. The van der Waals surface area contributed by atoms with Crippen LogP contribution in [0.25, 0.3) is 11.0 Å². The van der Waals surface area contributed by atoms with Gasteiger partial charge in [-0.2, -0.15) is 0 Å². The average Bonchev–Trinajstić information content (AvgIpc) is 2.48. The number of hydrogen-bond acceptors (Lipinski definition) is 4. The van der Waals surface area contributed by atoms with Gasteiger partial charge in [-0.3, -0.25) is 4.90 Å². The minimum Gasteiger partial charge on any atom is -0.311 e. The van der Waals surface area contributed by atoms with Crippen LogP contribution in [0.1, 0.15) is 38.2 Å². The van der Waals surface area contributed by atoms with Crippen molar-refractivity contribution in [1.82, 2.24) is 20.2 Å². The van der Waals surface area contributed by atoms with Crippen LogP contribution in [0, 0.1) is 6.92 Å². The molecule has 2 heterocycles. The monoisotopic (exact) mass is 284 g/mol. The molecule has 1 aromatic heterocycles. The summed E-state index contributed by atoms with van der Waals surface area (Å²) >= 11 is 0. The number of para-hydroxylation sites is 2. The molecule has 4 nitrogen and oxygen atoms in total. The summed E-state index contributed by atoms with van der Waals surface area (Å²) in [6.07, 6.45) is 0. The summed E-state index contributed by atoms with van der Waals surface area (Å²) in [6.45, 7) is 10.9. The molecule has 1 aliphatic heterocycles. The second-order valence-electron chi connectivity index (χ2n) is 6.21. The van der Waals surface area contributed by atoms with Gasteiger partial charge in [0.05, 0.1) is 28.5 Å². The lowest BCUT2D eigenvalue weighted by molar-refractivity contribution is 0.101. The maximum absolute atomic E-state index is 4.88. The van der Waals surface area contributed by atoms with Gasteiger partial charge in [-0.15, -0.1) is 0 Å². The van der Waals surface area contributed by atoms with Gasteiger partial charge in [0, 0.05) is 25.2 Å². The molecule has 112 valence electrons. The van der Waals surface area contributed by atoms with Crippen LogP contribution in [0.2, 0.25) is 0 Å². The Morgan fingerprint density at radius 3 is 2.57 bits per heavy atom. The molecule has 3 atom stereocenters. The first-order valence-electron chi connectivity index (χ1n) is 7.78. The van der Waals surface area contributed by atoms with Crippen LogP contribution in [0.15, 0.2) is 24.3 Å². The molecule has 1 fully saturated rings. The van der Waals surface area contributed by atoms with Gasteiger partial charge in [-0.05, 0) is 39.8 Å². The number of benzene rings is 1. The quantitative estimate of drug-likeness (QED) is 0.920. The van der Waals surface area contributed by atoms with Gasteiger partial charge in [0.15, 0.2) is 0 Å². The fourth-order valence-corrected chi connectivity index (χ4v) is 3.24.